The summed E-state index contributed by atoms with van der Waals surface area (Å²) < 4.78 is 43.1. The van der Waals surface area contributed by atoms with Gasteiger partial charge < -0.3 is 4.74 Å². The van der Waals surface area contributed by atoms with Crippen LogP contribution in [0.15, 0.2) is 24.5 Å². The zero-order valence-electron chi connectivity index (χ0n) is 9.48. The molecule has 0 bridgehead atoms. The number of nitrogens with zero attached hydrogens (tertiary/aromatic N) is 1. The van der Waals surface area contributed by atoms with Gasteiger partial charge in [-0.3, -0.25) is 9.78 Å². The van der Waals surface area contributed by atoms with Gasteiger partial charge in [-0.1, -0.05) is 12.5 Å². The number of carbonyl (C=O) groups excluding carboxylic acids is 1. The molecule has 2 rings (SSSR count). The monoisotopic (exact) mass is 259 g/mol. The average molecular weight is 259 g/mol. The van der Waals surface area contributed by atoms with E-state index in [0.29, 0.717) is 12.8 Å². The quantitative estimate of drug-likeness (QED) is 0.783. The summed E-state index contributed by atoms with van der Waals surface area (Å²) in [4.78, 5) is 15.1. The molecule has 1 saturated carbocycles. The van der Waals surface area contributed by atoms with Crippen molar-refractivity contribution in [1.29, 1.82) is 0 Å². The van der Waals surface area contributed by atoms with Crippen LogP contribution in [-0.2, 0) is 9.53 Å². The molecule has 6 heteroatoms. The summed E-state index contributed by atoms with van der Waals surface area (Å²) in [5.41, 5.74) is -0.155. The second-order valence-electron chi connectivity index (χ2n) is 4.27. The van der Waals surface area contributed by atoms with Crippen molar-refractivity contribution >= 4 is 5.97 Å². The maximum absolute atomic E-state index is 12.8. The van der Waals surface area contributed by atoms with Gasteiger partial charge in [0.15, 0.2) is 0 Å². The maximum atomic E-state index is 12.8. The highest BCUT2D eigenvalue weighted by molar-refractivity contribution is 5.73. The van der Waals surface area contributed by atoms with Crippen molar-refractivity contribution in [2.45, 2.75) is 31.5 Å². The summed E-state index contributed by atoms with van der Waals surface area (Å²) >= 11 is 0. The summed E-state index contributed by atoms with van der Waals surface area (Å²) in [7, 11) is 0. The van der Waals surface area contributed by atoms with Crippen LogP contribution in [0.4, 0.5) is 13.2 Å². The van der Waals surface area contributed by atoms with Gasteiger partial charge in [-0.05, 0) is 18.9 Å². The topological polar surface area (TPSA) is 39.2 Å². The first-order valence-corrected chi connectivity index (χ1v) is 5.65. The molecule has 1 unspecified atom stereocenters. The molecule has 1 aromatic heterocycles. The van der Waals surface area contributed by atoms with E-state index in [9.17, 15) is 18.0 Å². The third-order valence-corrected chi connectivity index (χ3v) is 2.96. The van der Waals surface area contributed by atoms with Crippen LogP contribution in [0, 0.1) is 5.92 Å². The van der Waals surface area contributed by atoms with Crippen LogP contribution in [0.3, 0.4) is 0 Å². The highest BCUT2D eigenvalue weighted by atomic mass is 19.4. The second kappa shape index (κ2) is 4.96. The van der Waals surface area contributed by atoms with E-state index in [4.69, 9.17) is 0 Å². The van der Waals surface area contributed by atoms with Crippen LogP contribution in [0.2, 0.25) is 0 Å². The lowest BCUT2D eigenvalue weighted by molar-refractivity contribution is -0.227. The van der Waals surface area contributed by atoms with Crippen LogP contribution in [0.5, 0.6) is 0 Å². The van der Waals surface area contributed by atoms with Gasteiger partial charge in [-0.25, -0.2) is 0 Å². The summed E-state index contributed by atoms with van der Waals surface area (Å²) in [5, 5.41) is 0. The molecule has 1 heterocycles. The van der Waals surface area contributed by atoms with Gasteiger partial charge >= 0.3 is 12.1 Å². The number of halogens is 3. The van der Waals surface area contributed by atoms with E-state index in [0.717, 1.165) is 12.6 Å². The fourth-order valence-electron chi connectivity index (χ4n) is 1.71. The van der Waals surface area contributed by atoms with E-state index in [-0.39, 0.29) is 11.5 Å². The lowest BCUT2D eigenvalue weighted by atomic mass is 9.85. The van der Waals surface area contributed by atoms with Gasteiger partial charge in [-0.15, -0.1) is 0 Å². The molecular weight excluding hydrogens is 247 g/mol. The van der Waals surface area contributed by atoms with Gasteiger partial charge in [0.25, 0.3) is 0 Å². The predicted molar refractivity (Wildman–Crippen MR) is 56.5 cm³/mol. The van der Waals surface area contributed by atoms with Crippen molar-refractivity contribution in [3.05, 3.63) is 30.1 Å². The fraction of sp³-hybridized carbons (Fsp3) is 0.500. The highest BCUT2D eigenvalue weighted by Gasteiger charge is 2.45. The van der Waals surface area contributed by atoms with Crippen molar-refractivity contribution < 1.29 is 22.7 Å². The minimum atomic E-state index is -4.62. The Hall–Kier alpha value is -1.59. The maximum Gasteiger partial charge on any atom is 0.429 e. The fourth-order valence-corrected chi connectivity index (χ4v) is 1.71. The Morgan fingerprint density at radius 2 is 2.17 bits per heavy atom. The Balaban J connectivity index is 2.13. The molecule has 0 radical (unpaired) electrons. The summed E-state index contributed by atoms with van der Waals surface area (Å²) in [6.07, 6.45) is -2.34. The van der Waals surface area contributed by atoms with Crippen LogP contribution < -0.4 is 0 Å². The van der Waals surface area contributed by atoms with E-state index in [2.05, 4.69) is 9.72 Å². The largest absolute Gasteiger partial charge is 0.447 e. The van der Waals surface area contributed by atoms with Gasteiger partial charge in [0, 0.05) is 18.0 Å². The van der Waals surface area contributed by atoms with E-state index in [1.165, 1.54) is 18.3 Å². The van der Waals surface area contributed by atoms with Crippen molar-refractivity contribution in [2.24, 2.45) is 5.92 Å². The minimum absolute atomic E-state index is 0.155. The SMILES string of the molecule is O=C(OC(c1cccnc1)C(F)(F)F)C1CCC1. The number of esters is 1. The molecule has 1 aliphatic rings. The molecule has 1 aliphatic carbocycles. The van der Waals surface area contributed by atoms with E-state index < -0.39 is 18.2 Å². The number of rotatable bonds is 3. The highest BCUT2D eigenvalue weighted by Crippen LogP contribution is 2.38. The van der Waals surface area contributed by atoms with Crippen LogP contribution in [-0.4, -0.2) is 17.1 Å². The lowest BCUT2D eigenvalue weighted by Gasteiger charge is -2.27. The van der Waals surface area contributed by atoms with Crippen LogP contribution >= 0.6 is 0 Å². The van der Waals surface area contributed by atoms with E-state index in [1.807, 2.05) is 0 Å². The summed E-state index contributed by atoms with van der Waals surface area (Å²) in [6.45, 7) is 0. The van der Waals surface area contributed by atoms with Crippen LogP contribution in [0.25, 0.3) is 0 Å². The molecule has 1 fully saturated rings. The molecule has 1 atom stereocenters. The summed E-state index contributed by atoms with van der Waals surface area (Å²) in [5.74, 6) is -1.15. The van der Waals surface area contributed by atoms with Crippen molar-refractivity contribution in [3.63, 3.8) is 0 Å². The third-order valence-electron chi connectivity index (χ3n) is 2.96. The first kappa shape index (κ1) is 12.9. The normalized spacial score (nSPS) is 17.9. The van der Waals surface area contributed by atoms with Gasteiger partial charge in [0.1, 0.15) is 0 Å². The standard InChI is InChI=1S/C12H12F3NO2/c13-12(14,15)10(9-5-2-6-16-7-9)18-11(17)8-3-1-4-8/h2,5-8,10H,1,3-4H2. The smallest absolute Gasteiger partial charge is 0.429 e. The first-order valence-electron chi connectivity index (χ1n) is 5.65. The number of ether oxygens (including phenoxy) is 1. The molecule has 0 N–H and O–H groups in total. The van der Waals surface area contributed by atoms with E-state index >= 15 is 0 Å². The number of alkyl halides is 3. The van der Waals surface area contributed by atoms with Crippen molar-refractivity contribution in [2.75, 3.05) is 0 Å². The molecule has 0 aliphatic heterocycles. The Labute approximate surface area is 102 Å². The zero-order valence-corrected chi connectivity index (χ0v) is 9.48. The number of hydrogen-bond acceptors (Lipinski definition) is 3. The molecule has 1 aromatic rings. The predicted octanol–water partition coefficient (Wildman–Crippen LogP) is 3.03. The number of hydrogen-bond donors (Lipinski definition) is 0. The lowest BCUT2D eigenvalue weighted by Crippen LogP contribution is -2.31. The summed E-state index contributed by atoms with van der Waals surface area (Å²) in [6, 6.07) is 2.63. The number of aromatic nitrogens is 1. The molecular formula is C12H12F3NO2. The van der Waals surface area contributed by atoms with E-state index in [1.54, 1.807) is 0 Å². The van der Waals surface area contributed by atoms with Crippen molar-refractivity contribution in [1.82, 2.24) is 4.98 Å². The molecule has 0 amide bonds. The van der Waals surface area contributed by atoms with Gasteiger partial charge in [0.05, 0.1) is 5.92 Å². The number of carbonyl (C=O) groups is 1. The van der Waals surface area contributed by atoms with Gasteiger partial charge in [-0.2, -0.15) is 13.2 Å². The molecule has 0 aromatic carbocycles. The molecule has 0 spiro atoms. The van der Waals surface area contributed by atoms with Gasteiger partial charge in [0.2, 0.25) is 6.10 Å². The third kappa shape index (κ3) is 2.80. The first-order chi connectivity index (χ1) is 8.48. The van der Waals surface area contributed by atoms with Crippen molar-refractivity contribution in [3.8, 4) is 0 Å². The molecule has 0 saturated heterocycles. The molecule has 98 valence electrons. The molecule has 18 heavy (non-hydrogen) atoms. The molecule has 3 nitrogen and oxygen atoms in total. The number of pyridine rings is 1. The Morgan fingerprint density at radius 3 is 2.61 bits per heavy atom. The average Bonchev–Trinajstić information content (AvgIpc) is 2.23. The Kier molecular flexibility index (Phi) is 3.54. The zero-order chi connectivity index (χ0) is 13.2. The Morgan fingerprint density at radius 1 is 1.44 bits per heavy atom. The Bertz CT molecular complexity index is 415. The second-order valence-corrected chi connectivity index (χ2v) is 4.27. The minimum Gasteiger partial charge on any atom is -0.447 e. The van der Waals surface area contributed by atoms with Crippen LogP contribution in [0.1, 0.15) is 30.9 Å².